The standard InChI is InChI=1S/C22H27N3O3/c1-24-13-15(22(26)25(2)28-16-6-8-27-9-7-16)10-18-17-4-3-5-19-21(17)14(12-23-19)11-20(18)24/h3-5,10,12,15-16,20,23H,6-9,11,13H2,1-2H3/p+1/t15-,20-/m1/s1. The summed E-state index contributed by atoms with van der Waals surface area (Å²) < 4.78 is 5.38. The fourth-order valence-corrected chi connectivity index (χ4v) is 5.03. The predicted molar refractivity (Wildman–Crippen MR) is 107 cm³/mol. The van der Waals surface area contributed by atoms with Gasteiger partial charge in [0.1, 0.15) is 12.0 Å². The lowest BCUT2D eigenvalue weighted by atomic mass is 9.80. The molecule has 1 amide bonds. The summed E-state index contributed by atoms with van der Waals surface area (Å²) in [6.45, 7) is 2.21. The summed E-state index contributed by atoms with van der Waals surface area (Å²) in [5.74, 6) is -0.115. The summed E-state index contributed by atoms with van der Waals surface area (Å²) in [6, 6.07) is 6.82. The number of hydrogen-bond acceptors (Lipinski definition) is 3. The number of amides is 1. The van der Waals surface area contributed by atoms with Gasteiger partial charge in [-0.3, -0.25) is 9.63 Å². The smallest absolute Gasteiger partial charge is 0.258 e. The number of hydrogen-bond donors (Lipinski definition) is 2. The van der Waals surface area contributed by atoms with E-state index in [0.717, 1.165) is 25.8 Å². The highest BCUT2D eigenvalue weighted by Crippen LogP contribution is 2.37. The molecule has 0 radical (unpaired) electrons. The van der Waals surface area contributed by atoms with E-state index in [9.17, 15) is 4.79 Å². The Balaban J connectivity index is 1.42. The zero-order chi connectivity index (χ0) is 19.3. The van der Waals surface area contributed by atoms with E-state index in [0.29, 0.717) is 19.3 Å². The lowest BCUT2D eigenvalue weighted by molar-refractivity contribution is -0.900. The summed E-state index contributed by atoms with van der Waals surface area (Å²) in [7, 11) is 3.96. The molecule has 0 bridgehead atoms. The lowest BCUT2D eigenvalue weighted by Crippen LogP contribution is -3.15. The Bertz CT molecular complexity index is 928. The van der Waals surface area contributed by atoms with Gasteiger partial charge in [-0.05, 0) is 30.0 Å². The highest BCUT2D eigenvalue weighted by atomic mass is 16.7. The van der Waals surface area contributed by atoms with Gasteiger partial charge in [-0.1, -0.05) is 18.2 Å². The van der Waals surface area contributed by atoms with Crippen LogP contribution in [0.1, 0.15) is 24.0 Å². The molecular weight excluding hydrogens is 354 g/mol. The van der Waals surface area contributed by atoms with E-state index < -0.39 is 0 Å². The Kier molecular flexibility index (Phi) is 4.50. The molecule has 148 valence electrons. The quantitative estimate of drug-likeness (QED) is 0.784. The van der Waals surface area contributed by atoms with Crippen LogP contribution in [0, 0.1) is 5.92 Å². The number of nitrogens with one attached hydrogen (secondary N) is 2. The Hall–Kier alpha value is -2.15. The summed E-state index contributed by atoms with van der Waals surface area (Å²) in [5, 5.41) is 2.79. The fourth-order valence-electron chi connectivity index (χ4n) is 5.03. The van der Waals surface area contributed by atoms with Gasteiger partial charge in [0.25, 0.3) is 5.91 Å². The van der Waals surface area contributed by atoms with Gasteiger partial charge in [-0.25, -0.2) is 5.06 Å². The maximum Gasteiger partial charge on any atom is 0.258 e. The van der Waals surface area contributed by atoms with Gasteiger partial charge in [0, 0.05) is 49.4 Å². The molecule has 2 aromatic rings. The number of quaternary nitrogens is 1. The van der Waals surface area contributed by atoms with Crippen molar-refractivity contribution in [3.05, 3.63) is 41.6 Å². The van der Waals surface area contributed by atoms with Crippen molar-refractivity contribution in [2.75, 3.05) is 33.9 Å². The van der Waals surface area contributed by atoms with Gasteiger partial charge in [0.05, 0.1) is 19.7 Å². The number of aromatic nitrogens is 1. The summed E-state index contributed by atoms with van der Waals surface area (Å²) in [5.41, 5.74) is 5.14. The molecule has 2 N–H and O–H groups in total. The highest BCUT2D eigenvalue weighted by molar-refractivity contribution is 5.98. The van der Waals surface area contributed by atoms with Crippen LogP contribution in [0.15, 0.2) is 30.5 Å². The number of hydroxylamine groups is 2. The molecule has 6 nitrogen and oxygen atoms in total. The Morgan fingerprint density at radius 2 is 2.14 bits per heavy atom. The van der Waals surface area contributed by atoms with Crippen LogP contribution in [0.2, 0.25) is 0 Å². The second-order valence-electron chi connectivity index (χ2n) is 8.33. The van der Waals surface area contributed by atoms with Crippen molar-refractivity contribution in [1.29, 1.82) is 0 Å². The van der Waals surface area contributed by atoms with Crippen LogP contribution in [0.4, 0.5) is 0 Å². The molecule has 1 saturated heterocycles. The molecule has 5 rings (SSSR count). The summed E-state index contributed by atoms with van der Waals surface area (Å²) in [6.07, 6.45) is 7.12. The largest absolute Gasteiger partial charge is 0.381 e. The fraction of sp³-hybridized carbons (Fsp3) is 0.500. The number of carbonyl (C=O) groups excluding carboxylic acids is 1. The van der Waals surface area contributed by atoms with Crippen LogP contribution in [0.3, 0.4) is 0 Å². The van der Waals surface area contributed by atoms with Gasteiger partial charge < -0.3 is 14.6 Å². The van der Waals surface area contributed by atoms with E-state index in [4.69, 9.17) is 9.57 Å². The molecule has 28 heavy (non-hydrogen) atoms. The molecule has 6 heteroatoms. The Labute approximate surface area is 165 Å². The molecule has 1 aliphatic carbocycles. The molecule has 3 atom stereocenters. The van der Waals surface area contributed by atoms with E-state index in [2.05, 4.69) is 42.5 Å². The third kappa shape index (κ3) is 2.96. The Morgan fingerprint density at radius 3 is 2.96 bits per heavy atom. The number of ether oxygens (including phenoxy) is 1. The third-order valence-electron chi connectivity index (χ3n) is 6.52. The van der Waals surface area contributed by atoms with Crippen molar-refractivity contribution in [2.45, 2.75) is 31.4 Å². The maximum atomic E-state index is 13.1. The van der Waals surface area contributed by atoms with Crippen LogP contribution in [0.5, 0.6) is 0 Å². The van der Waals surface area contributed by atoms with Crippen molar-refractivity contribution in [3.63, 3.8) is 0 Å². The molecular formula is C22H28N3O3+. The number of likely N-dealkylation sites (N-methyl/N-ethyl adjacent to an activating group) is 1. The van der Waals surface area contributed by atoms with Crippen LogP contribution >= 0.6 is 0 Å². The van der Waals surface area contributed by atoms with Crippen molar-refractivity contribution < 1.29 is 19.3 Å². The van der Waals surface area contributed by atoms with Crippen molar-refractivity contribution >= 4 is 22.4 Å². The van der Waals surface area contributed by atoms with Crippen molar-refractivity contribution in [1.82, 2.24) is 10.0 Å². The first kappa shape index (κ1) is 17.9. The van der Waals surface area contributed by atoms with Crippen LogP contribution in [-0.4, -0.2) is 62.0 Å². The first-order valence-corrected chi connectivity index (χ1v) is 10.3. The van der Waals surface area contributed by atoms with E-state index in [1.54, 1.807) is 7.05 Å². The Morgan fingerprint density at radius 1 is 1.32 bits per heavy atom. The first-order valence-electron chi connectivity index (χ1n) is 10.3. The minimum absolute atomic E-state index is 0.0452. The van der Waals surface area contributed by atoms with E-state index in [1.807, 2.05) is 0 Å². The second kappa shape index (κ2) is 7.03. The molecule has 1 fully saturated rings. The number of benzene rings is 1. The SMILES string of the molecule is CN(OC1CCOCC1)C(=O)[C@@H]1C=C2c3cccc4[nH]cc(c34)C[C@H]2[NH+](C)C1. The average Bonchev–Trinajstić information content (AvgIpc) is 3.13. The zero-order valence-corrected chi connectivity index (χ0v) is 16.5. The van der Waals surface area contributed by atoms with E-state index >= 15 is 0 Å². The molecule has 3 aliphatic rings. The van der Waals surface area contributed by atoms with E-state index in [-0.39, 0.29) is 17.9 Å². The summed E-state index contributed by atoms with van der Waals surface area (Å²) >= 11 is 0. The van der Waals surface area contributed by atoms with Crippen LogP contribution in [0.25, 0.3) is 16.5 Å². The highest BCUT2D eigenvalue weighted by Gasteiger charge is 2.39. The van der Waals surface area contributed by atoms with Crippen LogP contribution in [-0.2, 0) is 20.8 Å². The topological polar surface area (TPSA) is 59.0 Å². The molecule has 2 aliphatic heterocycles. The molecule has 1 aromatic carbocycles. The molecule has 1 unspecified atom stereocenters. The van der Waals surface area contributed by atoms with Gasteiger partial charge in [0.15, 0.2) is 0 Å². The monoisotopic (exact) mass is 382 g/mol. The minimum Gasteiger partial charge on any atom is -0.381 e. The number of fused-ring (bicyclic) bond motifs is 2. The predicted octanol–water partition coefficient (Wildman–Crippen LogP) is 1.19. The average molecular weight is 382 g/mol. The molecule has 0 saturated carbocycles. The zero-order valence-electron chi connectivity index (χ0n) is 16.5. The number of aromatic amines is 1. The normalized spacial score (nSPS) is 27.4. The third-order valence-corrected chi connectivity index (χ3v) is 6.52. The number of nitrogens with zero attached hydrogens (tertiary/aromatic N) is 1. The lowest BCUT2D eigenvalue weighted by Gasteiger charge is -2.37. The van der Waals surface area contributed by atoms with Gasteiger partial charge in [-0.2, -0.15) is 0 Å². The van der Waals surface area contributed by atoms with Crippen molar-refractivity contribution in [3.8, 4) is 0 Å². The van der Waals surface area contributed by atoms with Crippen LogP contribution < -0.4 is 4.90 Å². The summed E-state index contributed by atoms with van der Waals surface area (Å²) in [4.78, 5) is 23.9. The number of carbonyl (C=O) groups is 1. The van der Waals surface area contributed by atoms with Gasteiger partial charge in [0.2, 0.25) is 0 Å². The minimum atomic E-state index is -0.160. The number of rotatable bonds is 3. The number of H-pyrrole nitrogens is 1. The van der Waals surface area contributed by atoms with Crippen molar-refractivity contribution in [2.24, 2.45) is 5.92 Å². The van der Waals surface area contributed by atoms with Gasteiger partial charge >= 0.3 is 0 Å². The van der Waals surface area contributed by atoms with E-state index in [1.165, 1.54) is 37.6 Å². The maximum absolute atomic E-state index is 13.1. The molecule has 1 aromatic heterocycles. The second-order valence-corrected chi connectivity index (χ2v) is 8.33. The molecule has 0 spiro atoms. The van der Waals surface area contributed by atoms with Gasteiger partial charge in [-0.15, -0.1) is 0 Å². The molecule has 3 heterocycles. The first-order chi connectivity index (χ1) is 13.6.